The highest BCUT2D eigenvalue weighted by Gasteiger charge is 2.05. The molecule has 0 aromatic heterocycles. The molecule has 1 unspecified atom stereocenters. The van der Waals surface area contributed by atoms with Gasteiger partial charge in [0, 0.05) is 19.8 Å². The van der Waals surface area contributed by atoms with Crippen LogP contribution in [0, 0.1) is 13.8 Å². The van der Waals surface area contributed by atoms with Gasteiger partial charge in [0.1, 0.15) is 0 Å². The van der Waals surface area contributed by atoms with Gasteiger partial charge in [-0.05, 0) is 45.7 Å². The van der Waals surface area contributed by atoms with Crippen molar-refractivity contribution in [2.45, 2.75) is 39.7 Å². The monoisotopic (exact) mass is 279 g/mol. The molecule has 0 bridgehead atoms. The van der Waals surface area contributed by atoms with Crippen molar-refractivity contribution in [3.63, 3.8) is 0 Å². The molecular weight excluding hydrogens is 250 g/mol. The van der Waals surface area contributed by atoms with Crippen LogP contribution in [0.2, 0.25) is 0 Å². The van der Waals surface area contributed by atoms with E-state index >= 15 is 0 Å². The van der Waals surface area contributed by atoms with Crippen molar-refractivity contribution >= 4 is 0 Å². The third-order valence-electron chi connectivity index (χ3n) is 3.34. The summed E-state index contributed by atoms with van der Waals surface area (Å²) >= 11 is 0. The van der Waals surface area contributed by atoms with E-state index in [2.05, 4.69) is 44.3 Å². The first kappa shape index (κ1) is 17.2. The van der Waals surface area contributed by atoms with Crippen molar-refractivity contribution in [1.29, 1.82) is 0 Å². The van der Waals surface area contributed by atoms with Crippen LogP contribution >= 0.6 is 0 Å². The van der Waals surface area contributed by atoms with Crippen LogP contribution in [0.3, 0.4) is 0 Å². The van der Waals surface area contributed by atoms with Crippen LogP contribution in [0.25, 0.3) is 0 Å². The summed E-state index contributed by atoms with van der Waals surface area (Å²) in [7, 11) is 1.70. The minimum absolute atomic E-state index is 0.406. The van der Waals surface area contributed by atoms with Gasteiger partial charge in [-0.25, -0.2) is 0 Å². The Morgan fingerprint density at radius 1 is 1.00 bits per heavy atom. The predicted octanol–water partition coefficient (Wildman–Crippen LogP) is 3.40. The van der Waals surface area contributed by atoms with Crippen molar-refractivity contribution in [2.24, 2.45) is 0 Å². The summed E-state index contributed by atoms with van der Waals surface area (Å²) in [5.41, 5.74) is 4.04. The van der Waals surface area contributed by atoms with Crippen LogP contribution in [0.4, 0.5) is 0 Å². The molecule has 0 aliphatic rings. The molecular formula is C17H29NO2. The zero-order valence-corrected chi connectivity index (χ0v) is 13.4. The molecule has 1 N–H and O–H groups in total. The Balaban J connectivity index is 2.15. The second kappa shape index (κ2) is 9.92. The lowest BCUT2D eigenvalue weighted by Gasteiger charge is -2.15. The van der Waals surface area contributed by atoms with Gasteiger partial charge in [0.15, 0.2) is 0 Å². The maximum Gasteiger partial charge on any atom is 0.0700 e. The number of benzene rings is 1. The van der Waals surface area contributed by atoms with Crippen LogP contribution in [0.15, 0.2) is 18.2 Å². The fourth-order valence-electron chi connectivity index (χ4n) is 2.27. The topological polar surface area (TPSA) is 30.5 Å². The number of hydrogen-bond donors (Lipinski definition) is 1. The first-order chi connectivity index (χ1) is 9.63. The van der Waals surface area contributed by atoms with Gasteiger partial charge >= 0.3 is 0 Å². The smallest absolute Gasteiger partial charge is 0.0700 e. The molecule has 114 valence electrons. The SMILES string of the molecule is COCCOCCCCNC(C)c1cc(C)cc(C)c1. The maximum absolute atomic E-state index is 5.44. The number of aryl methyl sites for hydroxylation is 2. The summed E-state index contributed by atoms with van der Waals surface area (Å²) in [4.78, 5) is 0. The third-order valence-corrected chi connectivity index (χ3v) is 3.34. The molecule has 1 rings (SSSR count). The number of ether oxygens (including phenoxy) is 2. The van der Waals surface area contributed by atoms with E-state index in [1.54, 1.807) is 7.11 Å². The van der Waals surface area contributed by atoms with Crippen LogP contribution in [0.1, 0.15) is 42.5 Å². The number of unbranched alkanes of at least 4 members (excludes halogenated alkanes) is 1. The van der Waals surface area contributed by atoms with Gasteiger partial charge in [0.2, 0.25) is 0 Å². The average molecular weight is 279 g/mol. The Kier molecular flexibility index (Phi) is 8.51. The van der Waals surface area contributed by atoms with Gasteiger partial charge in [-0.3, -0.25) is 0 Å². The van der Waals surface area contributed by atoms with E-state index in [0.717, 1.165) is 26.0 Å². The lowest BCUT2D eigenvalue weighted by molar-refractivity contribution is 0.0687. The number of methoxy groups -OCH3 is 1. The molecule has 20 heavy (non-hydrogen) atoms. The highest BCUT2D eigenvalue weighted by molar-refractivity contribution is 5.30. The average Bonchev–Trinajstić information content (AvgIpc) is 2.40. The van der Waals surface area contributed by atoms with Crippen LogP contribution in [0.5, 0.6) is 0 Å². The Morgan fingerprint density at radius 3 is 2.35 bits per heavy atom. The van der Waals surface area contributed by atoms with E-state index in [4.69, 9.17) is 9.47 Å². The molecule has 1 aromatic carbocycles. The van der Waals surface area contributed by atoms with Crippen LogP contribution in [-0.2, 0) is 9.47 Å². The minimum Gasteiger partial charge on any atom is -0.382 e. The van der Waals surface area contributed by atoms with Crippen molar-refractivity contribution < 1.29 is 9.47 Å². The molecule has 0 aliphatic heterocycles. The summed E-state index contributed by atoms with van der Waals surface area (Å²) in [6.45, 7) is 9.76. The van der Waals surface area contributed by atoms with Gasteiger partial charge in [0.05, 0.1) is 13.2 Å². The van der Waals surface area contributed by atoms with E-state index in [9.17, 15) is 0 Å². The largest absolute Gasteiger partial charge is 0.382 e. The van der Waals surface area contributed by atoms with Crippen molar-refractivity contribution in [1.82, 2.24) is 5.32 Å². The van der Waals surface area contributed by atoms with E-state index in [1.807, 2.05) is 0 Å². The maximum atomic E-state index is 5.44. The van der Waals surface area contributed by atoms with E-state index < -0.39 is 0 Å². The Morgan fingerprint density at radius 2 is 1.70 bits per heavy atom. The summed E-state index contributed by atoms with van der Waals surface area (Å²) in [5, 5.41) is 3.58. The molecule has 0 fully saturated rings. The molecule has 0 heterocycles. The van der Waals surface area contributed by atoms with Crippen molar-refractivity contribution in [3.8, 4) is 0 Å². The molecule has 0 aliphatic carbocycles. The van der Waals surface area contributed by atoms with Gasteiger partial charge in [-0.2, -0.15) is 0 Å². The Bertz CT molecular complexity index is 359. The summed E-state index contributed by atoms with van der Waals surface area (Å²) in [6.07, 6.45) is 2.23. The third kappa shape index (κ3) is 7.04. The number of rotatable bonds is 10. The van der Waals surface area contributed by atoms with Crippen LogP contribution in [-0.4, -0.2) is 33.5 Å². The molecule has 0 saturated carbocycles. The second-order valence-corrected chi connectivity index (χ2v) is 5.41. The van der Waals surface area contributed by atoms with Gasteiger partial charge in [-0.1, -0.05) is 29.3 Å². The molecule has 0 spiro atoms. The fourth-order valence-corrected chi connectivity index (χ4v) is 2.27. The summed E-state index contributed by atoms with van der Waals surface area (Å²) in [6, 6.07) is 7.15. The number of nitrogens with one attached hydrogen (secondary N) is 1. The van der Waals surface area contributed by atoms with Gasteiger partial charge in [-0.15, -0.1) is 0 Å². The lowest BCUT2D eigenvalue weighted by Crippen LogP contribution is -2.20. The van der Waals surface area contributed by atoms with Gasteiger partial charge < -0.3 is 14.8 Å². The highest BCUT2D eigenvalue weighted by Crippen LogP contribution is 2.16. The zero-order chi connectivity index (χ0) is 14.8. The second-order valence-electron chi connectivity index (χ2n) is 5.41. The molecule has 0 amide bonds. The Hall–Kier alpha value is -0.900. The fraction of sp³-hybridized carbons (Fsp3) is 0.647. The first-order valence-corrected chi connectivity index (χ1v) is 7.51. The Labute approximate surface area is 123 Å². The van der Waals surface area contributed by atoms with Gasteiger partial charge in [0.25, 0.3) is 0 Å². The predicted molar refractivity (Wildman–Crippen MR) is 84.3 cm³/mol. The summed E-state index contributed by atoms with van der Waals surface area (Å²) < 4.78 is 10.4. The molecule has 3 heteroatoms. The number of hydrogen-bond acceptors (Lipinski definition) is 3. The van der Waals surface area contributed by atoms with E-state index in [1.165, 1.54) is 16.7 Å². The van der Waals surface area contributed by atoms with Crippen LogP contribution < -0.4 is 5.32 Å². The van der Waals surface area contributed by atoms with Crippen molar-refractivity contribution in [2.75, 3.05) is 33.5 Å². The zero-order valence-electron chi connectivity index (χ0n) is 13.4. The molecule has 3 nitrogen and oxygen atoms in total. The quantitative estimate of drug-likeness (QED) is 0.666. The van der Waals surface area contributed by atoms with Crippen molar-refractivity contribution in [3.05, 3.63) is 34.9 Å². The highest BCUT2D eigenvalue weighted by atomic mass is 16.5. The minimum atomic E-state index is 0.406. The first-order valence-electron chi connectivity index (χ1n) is 7.51. The normalized spacial score (nSPS) is 12.6. The van der Waals surface area contributed by atoms with E-state index in [0.29, 0.717) is 19.3 Å². The standard InChI is InChI=1S/C17H29NO2/c1-14-11-15(2)13-17(12-14)16(3)18-7-5-6-8-20-10-9-19-4/h11-13,16,18H,5-10H2,1-4H3. The molecule has 1 atom stereocenters. The lowest BCUT2D eigenvalue weighted by atomic mass is 10.0. The molecule has 1 aromatic rings. The molecule has 0 saturated heterocycles. The molecule has 0 radical (unpaired) electrons. The summed E-state index contributed by atoms with van der Waals surface area (Å²) in [5.74, 6) is 0. The van der Waals surface area contributed by atoms with E-state index in [-0.39, 0.29) is 0 Å².